The number of halogens is 1. The molecule has 0 aliphatic carbocycles. The molecule has 0 bridgehead atoms. The van der Waals surface area contributed by atoms with Gasteiger partial charge in [0.2, 0.25) is 5.91 Å². The van der Waals surface area contributed by atoms with Crippen LogP contribution >= 0.6 is 11.3 Å². The monoisotopic (exact) mass is 440 g/mol. The van der Waals surface area contributed by atoms with Gasteiger partial charge in [0.15, 0.2) is 9.84 Å². The number of nitrogens with one attached hydrogen (secondary N) is 1. The van der Waals surface area contributed by atoms with Gasteiger partial charge in [0.25, 0.3) is 0 Å². The Morgan fingerprint density at radius 2 is 1.67 bits per heavy atom. The Bertz CT molecular complexity index is 1270. The first-order valence-corrected chi connectivity index (χ1v) is 11.6. The predicted molar refractivity (Wildman–Crippen MR) is 117 cm³/mol. The number of aromatic nitrogens is 1. The summed E-state index contributed by atoms with van der Waals surface area (Å²) in [5, 5.41) is 3.59. The number of amides is 1. The van der Waals surface area contributed by atoms with Crippen LogP contribution in [-0.4, -0.2) is 25.1 Å². The molecule has 0 spiro atoms. The van der Waals surface area contributed by atoms with Gasteiger partial charge in [0, 0.05) is 17.7 Å². The maximum atomic E-state index is 13.0. The number of nitrogens with zero attached hydrogens (tertiary/aromatic N) is 1. The molecule has 1 aromatic heterocycles. The lowest BCUT2D eigenvalue weighted by Crippen LogP contribution is -2.17. The van der Waals surface area contributed by atoms with Crippen molar-refractivity contribution in [1.29, 1.82) is 0 Å². The van der Waals surface area contributed by atoms with Crippen molar-refractivity contribution in [3.05, 3.63) is 78.6 Å². The lowest BCUT2D eigenvalue weighted by molar-refractivity contribution is -0.115. The highest BCUT2D eigenvalue weighted by atomic mass is 32.2. The number of anilines is 1. The fourth-order valence-corrected chi connectivity index (χ4v) is 5.11. The third-order valence-corrected chi connectivity index (χ3v) is 7.30. The predicted octanol–water partition coefficient (Wildman–Crippen LogP) is 4.90. The average molecular weight is 441 g/mol. The smallest absolute Gasteiger partial charge is 0.225 e. The van der Waals surface area contributed by atoms with Crippen LogP contribution in [0.1, 0.15) is 6.42 Å². The summed E-state index contributed by atoms with van der Waals surface area (Å²) in [5.41, 5.74) is 2.45. The fourth-order valence-electron chi connectivity index (χ4n) is 2.90. The molecule has 0 aliphatic heterocycles. The second-order valence-electron chi connectivity index (χ2n) is 6.64. The Kier molecular flexibility index (Phi) is 5.61. The van der Waals surface area contributed by atoms with Crippen LogP contribution in [0.25, 0.3) is 20.8 Å². The topological polar surface area (TPSA) is 76.1 Å². The third-order valence-electron chi connectivity index (χ3n) is 4.48. The van der Waals surface area contributed by atoms with Gasteiger partial charge < -0.3 is 5.32 Å². The summed E-state index contributed by atoms with van der Waals surface area (Å²) in [4.78, 5) is 16.8. The lowest BCUT2D eigenvalue weighted by Gasteiger charge is -2.07. The molecule has 8 heteroatoms. The van der Waals surface area contributed by atoms with Crippen molar-refractivity contribution in [3.8, 4) is 10.6 Å². The number of thiazole rings is 1. The van der Waals surface area contributed by atoms with Crippen LogP contribution in [-0.2, 0) is 14.6 Å². The normalized spacial score (nSPS) is 11.5. The zero-order valence-corrected chi connectivity index (χ0v) is 17.3. The van der Waals surface area contributed by atoms with E-state index >= 15 is 0 Å². The van der Waals surface area contributed by atoms with Crippen molar-refractivity contribution in [2.75, 3.05) is 11.1 Å². The van der Waals surface area contributed by atoms with Gasteiger partial charge in [-0.1, -0.05) is 12.1 Å². The highest BCUT2D eigenvalue weighted by Crippen LogP contribution is 2.30. The summed E-state index contributed by atoms with van der Waals surface area (Å²) in [6, 6.07) is 19.7. The minimum atomic E-state index is -3.65. The Morgan fingerprint density at radius 1 is 0.967 bits per heavy atom. The summed E-state index contributed by atoms with van der Waals surface area (Å²) in [6.45, 7) is 0. The van der Waals surface area contributed by atoms with E-state index in [0.29, 0.717) is 5.69 Å². The first-order chi connectivity index (χ1) is 14.4. The summed E-state index contributed by atoms with van der Waals surface area (Å²) in [7, 11) is -3.65. The van der Waals surface area contributed by atoms with Crippen LogP contribution < -0.4 is 5.32 Å². The summed E-state index contributed by atoms with van der Waals surface area (Å²) < 4.78 is 38.6. The summed E-state index contributed by atoms with van der Waals surface area (Å²) in [5.74, 6) is -1.27. The van der Waals surface area contributed by atoms with Crippen molar-refractivity contribution in [3.63, 3.8) is 0 Å². The zero-order valence-electron chi connectivity index (χ0n) is 15.7. The minimum absolute atomic E-state index is 0.00288. The molecular formula is C22H17FN2O3S2. The molecule has 3 aromatic carbocycles. The van der Waals surface area contributed by atoms with E-state index in [4.69, 9.17) is 0 Å². The van der Waals surface area contributed by atoms with E-state index in [1.807, 2.05) is 36.4 Å². The molecule has 1 heterocycles. The summed E-state index contributed by atoms with van der Waals surface area (Å²) >= 11 is 1.59. The zero-order chi connectivity index (χ0) is 21.1. The highest BCUT2D eigenvalue weighted by Gasteiger charge is 2.17. The molecule has 0 radical (unpaired) electrons. The van der Waals surface area contributed by atoms with E-state index in [2.05, 4.69) is 10.3 Å². The number of hydrogen-bond acceptors (Lipinski definition) is 5. The number of rotatable bonds is 6. The number of carbonyl (C=O) groups excluding carboxylic acids is 1. The van der Waals surface area contributed by atoms with Crippen LogP contribution in [0.2, 0.25) is 0 Å². The van der Waals surface area contributed by atoms with Crippen molar-refractivity contribution >= 4 is 43.0 Å². The molecule has 4 aromatic rings. The average Bonchev–Trinajstić information content (AvgIpc) is 3.17. The Labute approximate surface area is 177 Å². The molecule has 152 valence electrons. The molecule has 0 saturated heterocycles. The largest absolute Gasteiger partial charge is 0.326 e. The first-order valence-electron chi connectivity index (χ1n) is 9.15. The molecule has 5 nitrogen and oxygen atoms in total. The van der Waals surface area contributed by atoms with Gasteiger partial charge in [-0.2, -0.15) is 0 Å². The van der Waals surface area contributed by atoms with E-state index in [0.717, 1.165) is 32.9 Å². The molecule has 0 aliphatic rings. The van der Waals surface area contributed by atoms with Crippen LogP contribution in [0, 0.1) is 5.82 Å². The SMILES string of the molecule is O=C(CCS(=O)(=O)c1ccc(F)cc1)Nc1ccc(-c2nc3ccccc3s2)cc1. The van der Waals surface area contributed by atoms with Crippen LogP contribution in [0.5, 0.6) is 0 Å². The standard InChI is InChI=1S/C22H17FN2O3S2/c23-16-7-11-18(12-8-16)30(27,28)14-13-21(26)24-17-9-5-15(6-10-17)22-25-19-3-1-2-4-20(19)29-22/h1-12H,13-14H2,(H,24,26). The molecule has 30 heavy (non-hydrogen) atoms. The molecule has 1 N–H and O–H groups in total. The molecule has 0 atom stereocenters. The van der Waals surface area contributed by atoms with Crippen LogP contribution in [0.15, 0.2) is 77.7 Å². The second-order valence-corrected chi connectivity index (χ2v) is 9.77. The molecular weight excluding hydrogens is 423 g/mol. The van der Waals surface area contributed by atoms with E-state index in [9.17, 15) is 17.6 Å². The van der Waals surface area contributed by atoms with Crippen molar-refractivity contribution in [2.24, 2.45) is 0 Å². The molecule has 1 amide bonds. The third kappa shape index (κ3) is 4.55. The number of hydrogen-bond donors (Lipinski definition) is 1. The quantitative estimate of drug-likeness (QED) is 0.433. The van der Waals surface area contributed by atoms with Crippen molar-refractivity contribution in [1.82, 2.24) is 4.98 Å². The number of fused-ring (bicyclic) bond motifs is 1. The van der Waals surface area contributed by atoms with E-state index in [-0.39, 0.29) is 17.1 Å². The second kappa shape index (κ2) is 8.33. The number of benzene rings is 3. The number of carbonyl (C=O) groups is 1. The van der Waals surface area contributed by atoms with Gasteiger partial charge in [-0.25, -0.2) is 17.8 Å². The van der Waals surface area contributed by atoms with Crippen LogP contribution in [0.3, 0.4) is 0 Å². The van der Waals surface area contributed by atoms with Crippen LogP contribution in [0.4, 0.5) is 10.1 Å². The maximum Gasteiger partial charge on any atom is 0.225 e. The Balaban J connectivity index is 1.38. The van der Waals surface area contributed by atoms with Crippen molar-refractivity contribution in [2.45, 2.75) is 11.3 Å². The number of para-hydroxylation sites is 1. The molecule has 0 saturated carbocycles. The van der Waals surface area contributed by atoms with E-state index in [1.54, 1.807) is 23.5 Å². The fraction of sp³-hybridized carbons (Fsp3) is 0.0909. The van der Waals surface area contributed by atoms with E-state index in [1.165, 1.54) is 12.1 Å². The van der Waals surface area contributed by atoms with E-state index < -0.39 is 21.6 Å². The van der Waals surface area contributed by atoms with Gasteiger partial charge >= 0.3 is 0 Å². The maximum absolute atomic E-state index is 13.0. The Hall–Kier alpha value is -3.10. The van der Waals surface area contributed by atoms with Gasteiger partial charge in [-0.05, 0) is 60.7 Å². The van der Waals surface area contributed by atoms with Gasteiger partial charge in [-0.3, -0.25) is 4.79 Å². The molecule has 0 fully saturated rings. The Morgan fingerprint density at radius 3 is 2.37 bits per heavy atom. The van der Waals surface area contributed by atoms with Gasteiger partial charge in [0.1, 0.15) is 10.8 Å². The van der Waals surface area contributed by atoms with Gasteiger partial charge in [0.05, 0.1) is 20.9 Å². The number of sulfone groups is 1. The minimum Gasteiger partial charge on any atom is -0.326 e. The molecule has 0 unspecified atom stereocenters. The highest BCUT2D eigenvalue weighted by molar-refractivity contribution is 7.91. The van der Waals surface area contributed by atoms with Crippen molar-refractivity contribution < 1.29 is 17.6 Å². The summed E-state index contributed by atoms with van der Waals surface area (Å²) in [6.07, 6.45) is -0.195. The molecule has 4 rings (SSSR count). The lowest BCUT2D eigenvalue weighted by atomic mass is 10.2. The van der Waals surface area contributed by atoms with Gasteiger partial charge in [-0.15, -0.1) is 11.3 Å². The first kappa shape index (κ1) is 20.2.